The average molecular weight is 251 g/mol. The predicted molar refractivity (Wildman–Crippen MR) is 63.8 cm³/mol. The first-order chi connectivity index (χ1) is 8.22. The van der Waals surface area contributed by atoms with Gasteiger partial charge in [-0.2, -0.15) is 5.26 Å². The summed E-state index contributed by atoms with van der Waals surface area (Å²) < 4.78 is 5.27. The fourth-order valence-electron chi connectivity index (χ4n) is 1.75. The topological polar surface area (TPSA) is 53.3 Å². The molecule has 1 aliphatic rings. The van der Waals surface area contributed by atoms with Gasteiger partial charge < -0.3 is 9.64 Å². The van der Waals surface area contributed by atoms with Gasteiger partial charge in [0.25, 0.3) is 5.91 Å². The lowest BCUT2D eigenvalue weighted by atomic mass is 10.2. The van der Waals surface area contributed by atoms with Crippen LogP contribution in [0, 0.1) is 11.3 Å². The van der Waals surface area contributed by atoms with Crippen LogP contribution in [-0.2, 0) is 9.53 Å². The average Bonchev–Trinajstić information content (AvgIpc) is 2.33. The first-order valence-electron chi connectivity index (χ1n) is 5.26. The summed E-state index contributed by atoms with van der Waals surface area (Å²) in [7, 11) is 0. The minimum Gasteiger partial charge on any atom is -0.365 e. The minimum atomic E-state index is -0.242. The molecule has 1 aliphatic heterocycles. The molecule has 1 aromatic carbocycles. The van der Waals surface area contributed by atoms with Crippen molar-refractivity contribution in [2.24, 2.45) is 0 Å². The van der Waals surface area contributed by atoms with Gasteiger partial charge in [0.15, 0.2) is 0 Å². The molecule has 88 valence electrons. The van der Waals surface area contributed by atoms with E-state index in [-0.39, 0.29) is 25.0 Å². The van der Waals surface area contributed by atoms with Crippen molar-refractivity contribution in [1.29, 1.82) is 5.26 Å². The Morgan fingerprint density at radius 1 is 1.53 bits per heavy atom. The highest BCUT2D eigenvalue weighted by atomic mass is 35.5. The molecule has 0 saturated carbocycles. The second-order valence-electron chi connectivity index (χ2n) is 3.75. The van der Waals surface area contributed by atoms with Gasteiger partial charge in [-0.1, -0.05) is 23.7 Å². The first-order valence-corrected chi connectivity index (χ1v) is 5.63. The highest BCUT2D eigenvalue weighted by Gasteiger charge is 2.28. The molecule has 1 amide bonds. The number of hydrogen-bond acceptors (Lipinski definition) is 3. The normalized spacial score (nSPS) is 20.1. The zero-order valence-electron chi connectivity index (χ0n) is 9.10. The second kappa shape index (κ2) is 5.17. The number of morpholine rings is 1. The maximum absolute atomic E-state index is 11.8. The van der Waals surface area contributed by atoms with Gasteiger partial charge in [-0.15, -0.1) is 0 Å². The molecular formula is C12H11ClN2O2. The Hall–Kier alpha value is -1.57. The number of amides is 1. The molecule has 0 N–H and O–H groups in total. The van der Waals surface area contributed by atoms with Gasteiger partial charge in [0.05, 0.1) is 35.8 Å². The van der Waals surface area contributed by atoms with Crippen LogP contribution in [0.25, 0.3) is 0 Å². The fraction of sp³-hybridized carbons (Fsp3) is 0.333. The molecule has 5 heteroatoms. The Labute approximate surface area is 104 Å². The van der Waals surface area contributed by atoms with Crippen molar-refractivity contribution < 1.29 is 9.53 Å². The van der Waals surface area contributed by atoms with Crippen LogP contribution in [0.15, 0.2) is 24.3 Å². The summed E-state index contributed by atoms with van der Waals surface area (Å²) in [5.41, 5.74) is 0.672. The summed E-state index contributed by atoms with van der Waals surface area (Å²) in [6.07, 6.45) is 0.0304. The highest BCUT2D eigenvalue weighted by molar-refractivity contribution is 6.33. The molecule has 0 spiro atoms. The molecule has 1 unspecified atom stereocenters. The van der Waals surface area contributed by atoms with Crippen LogP contribution in [0.1, 0.15) is 6.42 Å². The number of nitrogens with zero attached hydrogens (tertiary/aromatic N) is 2. The van der Waals surface area contributed by atoms with Gasteiger partial charge in [-0.05, 0) is 12.1 Å². The lowest BCUT2D eigenvalue weighted by Gasteiger charge is -2.32. The van der Waals surface area contributed by atoms with Crippen molar-refractivity contribution in [3.05, 3.63) is 29.3 Å². The van der Waals surface area contributed by atoms with Crippen LogP contribution in [0.2, 0.25) is 5.02 Å². The molecule has 0 bridgehead atoms. The number of carbonyl (C=O) groups is 1. The largest absolute Gasteiger partial charge is 0.365 e. The second-order valence-corrected chi connectivity index (χ2v) is 4.16. The molecule has 17 heavy (non-hydrogen) atoms. The Bertz CT molecular complexity index is 470. The Morgan fingerprint density at radius 2 is 2.29 bits per heavy atom. The molecule has 0 aromatic heterocycles. The number of nitriles is 1. The zero-order valence-corrected chi connectivity index (χ0v) is 9.85. The van der Waals surface area contributed by atoms with Crippen molar-refractivity contribution in [1.82, 2.24) is 0 Å². The van der Waals surface area contributed by atoms with E-state index in [9.17, 15) is 4.79 Å². The first kappa shape index (κ1) is 11.9. The number of halogens is 1. The molecule has 1 heterocycles. The smallest absolute Gasteiger partial charge is 0.253 e. The van der Waals surface area contributed by atoms with Crippen LogP contribution in [0.3, 0.4) is 0 Å². The maximum atomic E-state index is 11.8. The Kier molecular flexibility index (Phi) is 3.62. The standard InChI is InChI=1S/C12H11ClN2O2/c13-10-3-1-2-4-11(10)15-7-9(5-6-14)17-8-12(15)16/h1-4,9H,5,7-8H2. The van der Waals surface area contributed by atoms with Gasteiger partial charge >= 0.3 is 0 Å². The van der Waals surface area contributed by atoms with Gasteiger partial charge in [0.2, 0.25) is 0 Å². The summed E-state index contributed by atoms with van der Waals surface area (Å²) in [6, 6.07) is 9.20. The predicted octanol–water partition coefficient (Wildman–Crippen LogP) is 1.99. The van der Waals surface area contributed by atoms with Crippen LogP contribution in [-0.4, -0.2) is 25.2 Å². The van der Waals surface area contributed by atoms with Crippen molar-refractivity contribution in [2.45, 2.75) is 12.5 Å². The monoisotopic (exact) mass is 250 g/mol. The van der Waals surface area contributed by atoms with Gasteiger partial charge in [0.1, 0.15) is 6.61 Å². The van der Waals surface area contributed by atoms with Gasteiger partial charge in [0, 0.05) is 0 Å². The number of anilines is 1. The molecular weight excluding hydrogens is 240 g/mol. The van der Waals surface area contributed by atoms with E-state index in [4.69, 9.17) is 21.6 Å². The van der Waals surface area contributed by atoms with E-state index in [2.05, 4.69) is 0 Å². The van der Waals surface area contributed by atoms with E-state index >= 15 is 0 Å². The van der Waals surface area contributed by atoms with E-state index in [0.717, 1.165) is 0 Å². The summed E-state index contributed by atoms with van der Waals surface area (Å²) in [5, 5.41) is 9.16. The van der Waals surface area contributed by atoms with Crippen LogP contribution >= 0.6 is 11.6 Å². The molecule has 0 aliphatic carbocycles. The van der Waals surface area contributed by atoms with Gasteiger partial charge in [-0.3, -0.25) is 4.79 Å². The Morgan fingerprint density at radius 3 is 3.00 bits per heavy atom. The third-order valence-corrected chi connectivity index (χ3v) is 2.91. The van der Waals surface area contributed by atoms with Crippen molar-refractivity contribution in [2.75, 3.05) is 18.1 Å². The van der Waals surface area contributed by atoms with E-state index in [1.54, 1.807) is 17.0 Å². The summed E-state index contributed by atoms with van der Waals surface area (Å²) in [4.78, 5) is 13.3. The van der Waals surface area contributed by atoms with Crippen molar-refractivity contribution in [3.63, 3.8) is 0 Å². The number of para-hydroxylation sites is 1. The number of benzene rings is 1. The SMILES string of the molecule is N#CCC1CN(c2ccccc2Cl)C(=O)CO1. The van der Waals surface area contributed by atoms with E-state index in [0.29, 0.717) is 17.3 Å². The molecule has 0 radical (unpaired) electrons. The van der Waals surface area contributed by atoms with E-state index in [1.165, 1.54) is 0 Å². The lowest BCUT2D eigenvalue weighted by molar-refractivity contribution is -0.129. The van der Waals surface area contributed by atoms with Crippen LogP contribution < -0.4 is 4.90 Å². The molecule has 1 aromatic rings. The molecule has 1 atom stereocenters. The number of rotatable bonds is 2. The molecule has 1 saturated heterocycles. The van der Waals surface area contributed by atoms with Gasteiger partial charge in [-0.25, -0.2) is 0 Å². The molecule has 2 rings (SSSR count). The van der Waals surface area contributed by atoms with E-state index < -0.39 is 0 Å². The third kappa shape index (κ3) is 2.57. The minimum absolute atomic E-state index is 0.00241. The maximum Gasteiger partial charge on any atom is 0.253 e. The lowest BCUT2D eigenvalue weighted by Crippen LogP contribution is -2.46. The van der Waals surface area contributed by atoms with Crippen LogP contribution in [0.5, 0.6) is 0 Å². The van der Waals surface area contributed by atoms with Crippen molar-refractivity contribution in [3.8, 4) is 6.07 Å². The number of carbonyl (C=O) groups excluding carboxylic acids is 1. The zero-order chi connectivity index (χ0) is 12.3. The van der Waals surface area contributed by atoms with Crippen LogP contribution in [0.4, 0.5) is 5.69 Å². The fourth-order valence-corrected chi connectivity index (χ4v) is 1.99. The van der Waals surface area contributed by atoms with Crippen molar-refractivity contribution >= 4 is 23.2 Å². The Balaban J connectivity index is 2.22. The number of ether oxygens (including phenoxy) is 1. The summed E-state index contributed by atoms with van der Waals surface area (Å²) in [6.45, 7) is 0.369. The molecule has 4 nitrogen and oxygen atoms in total. The third-order valence-electron chi connectivity index (χ3n) is 2.59. The molecule has 1 fully saturated rings. The highest BCUT2D eigenvalue weighted by Crippen LogP contribution is 2.27. The quantitative estimate of drug-likeness (QED) is 0.807. The van der Waals surface area contributed by atoms with E-state index in [1.807, 2.05) is 18.2 Å². The number of hydrogen-bond donors (Lipinski definition) is 0. The summed E-state index contributed by atoms with van der Waals surface area (Å²) >= 11 is 6.05. The summed E-state index contributed by atoms with van der Waals surface area (Å²) in [5.74, 6) is -0.132.